The van der Waals surface area contributed by atoms with E-state index >= 15 is 0 Å². The Labute approximate surface area is 136 Å². The van der Waals surface area contributed by atoms with E-state index in [0.29, 0.717) is 18.9 Å². The van der Waals surface area contributed by atoms with Crippen LogP contribution in [0.25, 0.3) is 0 Å². The molecule has 2 atom stereocenters. The average Bonchev–Trinajstić information content (AvgIpc) is 3.12. The van der Waals surface area contributed by atoms with Gasteiger partial charge in [-0.3, -0.25) is 14.6 Å². The first-order valence-electron chi connectivity index (χ1n) is 8.70. The number of carbonyl (C=O) groups is 2. The fraction of sp³-hybridized carbons (Fsp3) is 0.611. The monoisotopic (exact) mass is 313 g/mol. The Hall–Kier alpha value is -1.91. The molecule has 1 aromatic rings. The van der Waals surface area contributed by atoms with E-state index in [-0.39, 0.29) is 23.8 Å². The Kier molecular flexibility index (Phi) is 3.79. The van der Waals surface area contributed by atoms with Crippen LogP contribution in [0.3, 0.4) is 0 Å². The summed E-state index contributed by atoms with van der Waals surface area (Å²) in [5.41, 5.74) is 1.16. The minimum absolute atomic E-state index is 0.149. The van der Waals surface area contributed by atoms with Crippen molar-refractivity contribution in [2.75, 3.05) is 19.6 Å². The highest BCUT2D eigenvalue weighted by atomic mass is 16.2. The number of aromatic nitrogens is 1. The zero-order valence-electron chi connectivity index (χ0n) is 13.4. The maximum absolute atomic E-state index is 13.0. The third-order valence-electron chi connectivity index (χ3n) is 5.37. The Morgan fingerprint density at radius 1 is 1.22 bits per heavy atom. The Morgan fingerprint density at radius 2 is 2.00 bits per heavy atom. The Morgan fingerprint density at radius 3 is 2.74 bits per heavy atom. The molecule has 2 amide bonds. The van der Waals surface area contributed by atoms with Gasteiger partial charge < -0.3 is 9.80 Å². The molecule has 0 bridgehead atoms. The van der Waals surface area contributed by atoms with Crippen molar-refractivity contribution in [3.05, 3.63) is 30.1 Å². The first kappa shape index (κ1) is 14.7. The van der Waals surface area contributed by atoms with Gasteiger partial charge in [0.15, 0.2) is 0 Å². The molecule has 3 fully saturated rings. The van der Waals surface area contributed by atoms with Crippen molar-refractivity contribution in [1.82, 2.24) is 14.8 Å². The van der Waals surface area contributed by atoms with E-state index in [4.69, 9.17) is 0 Å². The molecule has 3 heterocycles. The van der Waals surface area contributed by atoms with Crippen LogP contribution >= 0.6 is 0 Å². The fourth-order valence-corrected chi connectivity index (χ4v) is 3.92. The largest absolute Gasteiger partial charge is 0.342 e. The van der Waals surface area contributed by atoms with Crippen LogP contribution in [-0.2, 0) is 9.59 Å². The average molecular weight is 313 g/mol. The molecule has 122 valence electrons. The number of carbonyl (C=O) groups excluding carboxylic acids is 2. The van der Waals surface area contributed by atoms with Crippen molar-refractivity contribution < 1.29 is 9.59 Å². The van der Waals surface area contributed by atoms with Crippen LogP contribution in [0, 0.1) is 11.8 Å². The highest BCUT2D eigenvalue weighted by Crippen LogP contribution is 2.36. The SMILES string of the molecule is O=C1C[C@@H](C(=O)N2CCC[C@H]2c2ccncc2)CN1CC1CC1. The number of pyridine rings is 1. The van der Waals surface area contributed by atoms with Crippen LogP contribution in [0.15, 0.2) is 24.5 Å². The summed E-state index contributed by atoms with van der Waals surface area (Å²) < 4.78 is 0. The zero-order valence-corrected chi connectivity index (χ0v) is 13.4. The van der Waals surface area contributed by atoms with E-state index in [1.54, 1.807) is 12.4 Å². The summed E-state index contributed by atoms with van der Waals surface area (Å²) in [6.45, 7) is 2.28. The molecule has 3 aliphatic rings. The summed E-state index contributed by atoms with van der Waals surface area (Å²) in [5.74, 6) is 0.860. The molecule has 2 saturated heterocycles. The lowest BCUT2D eigenvalue weighted by atomic mass is 10.0. The summed E-state index contributed by atoms with van der Waals surface area (Å²) in [4.78, 5) is 33.1. The molecule has 5 heteroatoms. The van der Waals surface area contributed by atoms with Crippen molar-refractivity contribution in [2.45, 2.75) is 38.1 Å². The number of amides is 2. The van der Waals surface area contributed by atoms with Crippen molar-refractivity contribution >= 4 is 11.8 Å². The van der Waals surface area contributed by atoms with Crippen LogP contribution in [0.4, 0.5) is 0 Å². The predicted molar refractivity (Wildman–Crippen MR) is 85.3 cm³/mol. The molecule has 0 N–H and O–H groups in total. The van der Waals surface area contributed by atoms with Crippen molar-refractivity contribution in [3.8, 4) is 0 Å². The van der Waals surface area contributed by atoms with Crippen molar-refractivity contribution in [1.29, 1.82) is 0 Å². The van der Waals surface area contributed by atoms with Gasteiger partial charge in [-0.1, -0.05) is 0 Å². The normalized spacial score (nSPS) is 27.7. The Balaban J connectivity index is 1.44. The number of hydrogen-bond acceptors (Lipinski definition) is 3. The maximum atomic E-state index is 13.0. The molecular weight excluding hydrogens is 290 g/mol. The number of hydrogen-bond donors (Lipinski definition) is 0. The van der Waals surface area contributed by atoms with E-state index in [9.17, 15) is 9.59 Å². The van der Waals surface area contributed by atoms with Gasteiger partial charge in [-0.25, -0.2) is 0 Å². The molecule has 1 aliphatic carbocycles. The maximum Gasteiger partial charge on any atom is 0.228 e. The van der Waals surface area contributed by atoms with Crippen LogP contribution in [0.1, 0.15) is 43.7 Å². The molecule has 0 radical (unpaired) electrons. The standard InChI is InChI=1S/C18H23N3O2/c22-17-10-15(12-20(17)11-13-3-4-13)18(23)21-9-1-2-16(21)14-5-7-19-8-6-14/h5-8,13,15-16H,1-4,9-12H2/t15-,16+/m1/s1. The van der Waals surface area contributed by atoms with Crippen molar-refractivity contribution in [3.63, 3.8) is 0 Å². The lowest BCUT2D eigenvalue weighted by molar-refractivity contribution is -0.136. The van der Waals surface area contributed by atoms with Crippen LogP contribution in [0.5, 0.6) is 0 Å². The fourth-order valence-electron chi connectivity index (χ4n) is 3.92. The molecule has 4 rings (SSSR count). The minimum Gasteiger partial charge on any atom is -0.342 e. The number of rotatable bonds is 4. The van der Waals surface area contributed by atoms with E-state index in [0.717, 1.165) is 31.5 Å². The highest BCUT2D eigenvalue weighted by Gasteiger charge is 2.41. The van der Waals surface area contributed by atoms with Crippen LogP contribution in [0.2, 0.25) is 0 Å². The molecule has 5 nitrogen and oxygen atoms in total. The van der Waals surface area contributed by atoms with Gasteiger partial charge in [-0.05, 0) is 49.3 Å². The third kappa shape index (κ3) is 2.96. The van der Waals surface area contributed by atoms with Gasteiger partial charge in [0.2, 0.25) is 11.8 Å². The molecule has 0 unspecified atom stereocenters. The van der Waals surface area contributed by atoms with E-state index in [2.05, 4.69) is 4.98 Å². The van der Waals surface area contributed by atoms with E-state index in [1.807, 2.05) is 21.9 Å². The lowest BCUT2D eigenvalue weighted by Crippen LogP contribution is -2.37. The predicted octanol–water partition coefficient (Wildman–Crippen LogP) is 2.00. The highest BCUT2D eigenvalue weighted by molar-refractivity contribution is 5.89. The molecule has 23 heavy (non-hydrogen) atoms. The summed E-state index contributed by atoms with van der Waals surface area (Å²) in [6, 6.07) is 4.14. The summed E-state index contributed by atoms with van der Waals surface area (Å²) in [7, 11) is 0. The third-order valence-corrected chi connectivity index (χ3v) is 5.37. The first-order valence-corrected chi connectivity index (χ1v) is 8.70. The summed E-state index contributed by atoms with van der Waals surface area (Å²) in [6.07, 6.45) is 8.47. The molecular formula is C18H23N3O2. The molecule has 2 aliphatic heterocycles. The van der Waals surface area contributed by atoms with E-state index in [1.165, 1.54) is 12.8 Å². The van der Waals surface area contributed by atoms with Gasteiger partial charge in [0.05, 0.1) is 12.0 Å². The molecule has 0 spiro atoms. The Bertz CT molecular complexity index is 600. The zero-order chi connectivity index (χ0) is 15.8. The summed E-state index contributed by atoms with van der Waals surface area (Å²) in [5, 5.41) is 0. The van der Waals surface area contributed by atoms with Gasteiger partial charge >= 0.3 is 0 Å². The van der Waals surface area contributed by atoms with Crippen LogP contribution in [-0.4, -0.2) is 46.2 Å². The number of nitrogens with zero attached hydrogens (tertiary/aromatic N) is 3. The minimum atomic E-state index is -0.149. The quantitative estimate of drug-likeness (QED) is 0.854. The second-order valence-corrected chi connectivity index (χ2v) is 7.11. The van der Waals surface area contributed by atoms with Crippen LogP contribution < -0.4 is 0 Å². The van der Waals surface area contributed by atoms with Gasteiger partial charge in [0.25, 0.3) is 0 Å². The van der Waals surface area contributed by atoms with Gasteiger partial charge in [-0.2, -0.15) is 0 Å². The lowest BCUT2D eigenvalue weighted by Gasteiger charge is -2.27. The second-order valence-electron chi connectivity index (χ2n) is 7.11. The molecule has 0 aromatic carbocycles. The van der Waals surface area contributed by atoms with Gasteiger partial charge in [0, 0.05) is 38.4 Å². The molecule has 1 saturated carbocycles. The van der Waals surface area contributed by atoms with Gasteiger partial charge in [-0.15, -0.1) is 0 Å². The first-order chi connectivity index (χ1) is 11.2. The topological polar surface area (TPSA) is 53.5 Å². The number of likely N-dealkylation sites (tertiary alicyclic amines) is 2. The molecule has 1 aromatic heterocycles. The summed E-state index contributed by atoms with van der Waals surface area (Å²) >= 11 is 0. The van der Waals surface area contributed by atoms with Gasteiger partial charge in [0.1, 0.15) is 0 Å². The van der Waals surface area contributed by atoms with E-state index < -0.39 is 0 Å². The smallest absolute Gasteiger partial charge is 0.228 e. The second kappa shape index (κ2) is 5.95. The van der Waals surface area contributed by atoms with Crippen molar-refractivity contribution in [2.24, 2.45) is 11.8 Å².